The molecular weight excluding hydrogens is 408 g/mol. The van der Waals surface area contributed by atoms with Crippen LogP contribution in [0.1, 0.15) is 37.7 Å². The van der Waals surface area contributed by atoms with E-state index >= 15 is 0 Å². The standard InChI is InChI=1S/C20H16N4O3S2/c1-27-20(26)17-11-4-2-5-14(11)29-19(17)22-18(25)12-10-16-21-8-7-13(24(16)23-12)15-6-3-9-28-15/h3,6-10H,2,4-5H2,1H3,(H,22,25). The Morgan fingerprint density at radius 3 is 2.97 bits per heavy atom. The summed E-state index contributed by atoms with van der Waals surface area (Å²) in [4.78, 5) is 31.7. The highest BCUT2D eigenvalue weighted by Crippen LogP contribution is 2.39. The maximum atomic E-state index is 12.9. The SMILES string of the molecule is COC(=O)c1c(NC(=O)c2cc3nccc(-c4cccs4)n3n2)sc2c1CCC2. The van der Waals surface area contributed by atoms with Gasteiger partial charge in [0.2, 0.25) is 0 Å². The lowest BCUT2D eigenvalue weighted by Crippen LogP contribution is -2.15. The fourth-order valence-corrected chi connectivity index (χ4v) is 5.60. The Morgan fingerprint density at radius 1 is 1.28 bits per heavy atom. The molecule has 0 fully saturated rings. The van der Waals surface area contributed by atoms with Crippen LogP contribution in [0.2, 0.25) is 0 Å². The highest BCUT2D eigenvalue weighted by Gasteiger charge is 2.28. The molecule has 4 heterocycles. The first-order valence-electron chi connectivity index (χ1n) is 9.08. The van der Waals surface area contributed by atoms with Crippen molar-refractivity contribution in [2.24, 2.45) is 0 Å². The summed E-state index contributed by atoms with van der Waals surface area (Å²) in [6.45, 7) is 0. The first kappa shape index (κ1) is 18.0. The molecule has 0 aromatic carbocycles. The zero-order valence-corrected chi connectivity index (χ0v) is 17.1. The summed E-state index contributed by atoms with van der Waals surface area (Å²) in [5, 5.41) is 9.84. The summed E-state index contributed by atoms with van der Waals surface area (Å²) in [5.74, 6) is -0.797. The van der Waals surface area contributed by atoms with Crippen molar-refractivity contribution >= 4 is 45.2 Å². The summed E-state index contributed by atoms with van der Waals surface area (Å²) >= 11 is 3.04. The first-order valence-corrected chi connectivity index (χ1v) is 10.8. The third-order valence-electron chi connectivity index (χ3n) is 4.90. The number of thiophene rings is 2. The molecule has 0 spiro atoms. The molecule has 1 N–H and O–H groups in total. The van der Waals surface area contributed by atoms with Crippen LogP contribution < -0.4 is 5.32 Å². The summed E-state index contributed by atoms with van der Waals surface area (Å²) in [5.41, 5.74) is 3.16. The maximum absolute atomic E-state index is 12.9. The highest BCUT2D eigenvalue weighted by molar-refractivity contribution is 7.17. The number of anilines is 1. The number of hydrogen-bond acceptors (Lipinski definition) is 7. The molecule has 0 aliphatic heterocycles. The minimum atomic E-state index is -0.420. The number of nitrogens with one attached hydrogen (secondary N) is 1. The van der Waals surface area contributed by atoms with Crippen molar-refractivity contribution in [3.63, 3.8) is 0 Å². The van der Waals surface area contributed by atoms with Gasteiger partial charge in [-0.15, -0.1) is 22.7 Å². The van der Waals surface area contributed by atoms with Crippen molar-refractivity contribution < 1.29 is 14.3 Å². The van der Waals surface area contributed by atoms with Crippen molar-refractivity contribution in [3.8, 4) is 10.6 Å². The molecule has 0 unspecified atom stereocenters. The van der Waals surface area contributed by atoms with Crippen LogP contribution in [0.3, 0.4) is 0 Å². The second-order valence-electron chi connectivity index (χ2n) is 6.61. The zero-order valence-electron chi connectivity index (χ0n) is 15.5. The van der Waals surface area contributed by atoms with Crippen molar-refractivity contribution in [1.82, 2.24) is 14.6 Å². The van der Waals surface area contributed by atoms with Gasteiger partial charge in [0.15, 0.2) is 11.3 Å². The predicted octanol–water partition coefficient (Wildman–Crippen LogP) is 4.05. The third-order valence-corrected chi connectivity index (χ3v) is 7.00. The van der Waals surface area contributed by atoms with E-state index < -0.39 is 5.97 Å². The smallest absolute Gasteiger partial charge is 0.341 e. The molecule has 146 valence electrons. The Kier molecular flexibility index (Phi) is 4.40. The van der Waals surface area contributed by atoms with E-state index in [1.807, 2.05) is 23.6 Å². The van der Waals surface area contributed by atoms with Gasteiger partial charge in [0, 0.05) is 17.1 Å². The largest absolute Gasteiger partial charge is 0.465 e. The van der Waals surface area contributed by atoms with Crippen LogP contribution in [-0.4, -0.2) is 33.6 Å². The van der Waals surface area contributed by atoms with E-state index in [1.165, 1.54) is 18.4 Å². The second kappa shape index (κ2) is 7.09. The van der Waals surface area contributed by atoms with E-state index in [-0.39, 0.29) is 11.6 Å². The van der Waals surface area contributed by atoms with Gasteiger partial charge in [0.25, 0.3) is 5.91 Å². The van der Waals surface area contributed by atoms with Crippen LogP contribution in [0.4, 0.5) is 5.00 Å². The molecule has 4 aromatic heterocycles. The monoisotopic (exact) mass is 424 g/mol. The number of nitrogens with zero attached hydrogens (tertiary/aromatic N) is 3. The maximum Gasteiger partial charge on any atom is 0.341 e. The topological polar surface area (TPSA) is 85.6 Å². The number of aryl methyl sites for hydroxylation is 1. The molecule has 1 aliphatic rings. The second-order valence-corrected chi connectivity index (χ2v) is 8.67. The number of carbonyl (C=O) groups excluding carboxylic acids is 2. The molecular formula is C20H16N4O3S2. The molecule has 4 aromatic rings. The molecule has 5 rings (SSSR count). The Labute approximate surface area is 174 Å². The minimum absolute atomic E-state index is 0.242. The molecule has 0 bridgehead atoms. The van der Waals surface area contributed by atoms with Crippen LogP contribution >= 0.6 is 22.7 Å². The quantitative estimate of drug-likeness (QED) is 0.500. The fourth-order valence-electron chi connectivity index (χ4n) is 3.59. The van der Waals surface area contributed by atoms with Crippen molar-refractivity contribution in [3.05, 3.63) is 57.5 Å². The number of amides is 1. The molecule has 29 heavy (non-hydrogen) atoms. The van der Waals surface area contributed by atoms with Crippen molar-refractivity contribution in [2.45, 2.75) is 19.3 Å². The van der Waals surface area contributed by atoms with E-state index in [2.05, 4.69) is 15.4 Å². The molecule has 0 atom stereocenters. The van der Waals surface area contributed by atoms with E-state index in [1.54, 1.807) is 28.1 Å². The van der Waals surface area contributed by atoms with Gasteiger partial charge in [0.1, 0.15) is 5.00 Å². The predicted molar refractivity (Wildman–Crippen MR) is 112 cm³/mol. The molecule has 1 amide bonds. The molecule has 0 saturated carbocycles. The van der Waals surface area contributed by atoms with Gasteiger partial charge in [-0.2, -0.15) is 5.10 Å². The van der Waals surface area contributed by atoms with Gasteiger partial charge in [-0.05, 0) is 42.3 Å². The van der Waals surface area contributed by atoms with Gasteiger partial charge in [-0.3, -0.25) is 4.79 Å². The summed E-state index contributed by atoms with van der Waals surface area (Å²) in [6, 6.07) is 7.47. The number of esters is 1. The Hall–Kier alpha value is -3.04. The average Bonchev–Trinajstić information content (AvgIpc) is 3.49. The van der Waals surface area contributed by atoms with Gasteiger partial charge in [0.05, 0.1) is 23.2 Å². The van der Waals surface area contributed by atoms with E-state index in [0.717, 1.165) is 40.3 Å². The van der Waals surface area contributed by atoms with Gasteiger partial charge in [-0.25, -0.2) is 14.3 Å². The average molecular weight is 425 g/mol. The van der Waals surface area contributed by atoms with Gasteiger partial charge in [-0.1, -0.05) is 6.07 Å². The van der Waals surface area contributed by atoms with Crippen molar-refractivity contribution in [2.75, 3.05) is 12.4 Å². The Balaban J connectivity index is 1.50. The van der Waals surface area contributed by atoms with Crippen LogP contribution in [0.5, 0.6) is 0 Å². The third kappa shape index (κ3) is 3.02. The number of ether oxygens (including phenoxy) is 1. The van der Waals surface area contributed by atoms with Crippen LogP contribution in [0, 0.1) is 0 Å². The van der Waals surface area contributed by atoms with Crippen molar-refractivity contribution in [1.29, 1.82) is 0 Å². The van der Waals surface area contributed by atoms with Gasteiger partial charge >= 0.3 is 5.97 Å². The Morgan fingerprint density at radius 2 is 2.17 bits per heavy atom. The van der Waals surface area contributed by atoms with Crippen LogP contribution in [0.15, 0.2) is 35.8 Å². The molecule has 9 heteroatoms. The number of aromatic nitrogens is 3. The summed E-state index contributed by atoms with van der Waals surface area (Å²) in [7, 11) is 1.35. The van der Waals surface area contributed by atoms with Crippen LogP contribution in [-0.2, 0) is 17.6 Å². The molecule has 7 nitrogen and oxygen atoms in total. The van der Waals surface area contributed by atoms with E-state index in [4.69, 9.17) is 4.74 Å². The Bertz CT molecular complexity index is 1240. The molecule has 0 radical (unpaired) electrons. The molecule has 0 saturated heterocycles. The fraction of sp³-hybridized carbons (Fsp3) is 0.200. The lowest BCUT2D eigenvalue weighted by Gasteiger charge is -2.05. The van der Waals surface area contributed by atoms with E-state index in [9.17, 15) is 9.59 Å². The number of hydrogen-bond donors (Lipinski definition) is 1. The molecule has 1 aliphatic carbocycles. The number of fused-ring (bicyclic) bond motifs is 2. The lowest BCUT2D eigenvalue weighted by molar-refractivity contribution is 0.0601. The zero-order chi connectivity index (χ0) is 20.0. The van der Waals surface area contributed by atoms with E-state index in [0.29, 0.717) is 16.2 Å². The minimum Gasteiger partial charge on any atom is -0.465 e. The summed E-state index contributed by atoms with van der Waals surface area (Å²) in [6.07, 6.45) is 4.47. The lowest BCUT2D eigenvalue weighted by atomic mass is 10.1. The van der Waals surface area contributed by atoms with Crippen LogP contribution in [0.25, 0.3) is 16.2 Å². The first-order chi connectivity index (χ1) is 14.2. The highest BCUT2D eigenvalue weighted by atomic mass is 32.1. The normalized spacial score (nSPS) is 12.9. The number of methoxy groups -OCH3 is 1. The summed E-state index contributed by atoms with van der Waals surface area (Å²) < 4.78 is 6.60. The number of rotatable bonds is 4. The number of carbonyl (C=O) groups is 2. The van der Waals surface area contributed by atoms with Gasteiger partial charge < -0.3 is 10.1 Å².